The Morgan fingerprint density at radius 2 is 1.67 bits per heavy atom. The van der Waals surface area contributed by atoms with Crippen molar-refractivity contribution < 1.29 is 0 Å². The molecule has 0 aliphatic rings. The summed E-state index contributed by atoms with van der Waals surface area (Å²) >= 11 is 3.79. The molecule has 2 rings (SSSR count). The summed E-state index contributed by atoms with van der Waals surface area (Å²) in [5, 5.41) is 0. The molecule has 0 heterocycles. The van der Waals surface area contributed by atoms with Crippen molar-refractivity contribution in [3.8, 4) is 0 Å². The van der Waals surface area contributed by atoms with Gasteiger partial charge in [0.25, 0.3) is 0 Å². The summed E-state index contributed by atoms with van der Waals surface area (Å²) in [6.45, 7) is 2.15. The SMILES string of the molecule is Cc1cccc(CCC(Br)Cc2ccccc2)c1. The van der Waals surface area contributed by atoms with Crippen molar-refractivity contribution in [2.75, 3.05) is 0 Å². The van der Waals surface area contributed by atoms with Gasteiger partial charge in [0.15, 0.2) is 0 Å². The van der Waals surface area contributed by atoms with Crippen LogP contribution in [0.5, 0.6) is 0 Å². The monoisotopic (exact) mass is 302 g/mol. The number of hydrogen-bond donors (Lipinski definition) is 0. The largest absolute Gasteiger partial charge is 0.0887 e. The van der Waals surface area contributed by atoms with Gasteiger partial charge in [-0.05, 0) is 37.3 Å². The second-order valence-electron chi connectivity index (χ2n) is 4.81. The molecule has 0 saturated heterocycles. The van der Waals surface area contributed by atoms with Gasteiger partial charge in [-0.25, -0.2) is 0 Å². The Hall–Kier alpha value is -1.08. The van der Waals surface area contributed by atoms with Crippen LogP contribution in [-0.4, -0.2) is 4.83 Å². The van der Waals surface area contributed by atoms with E-state index in [9.17, 15) is 0 Å². The third-order valence-corrected chi connectivity index (χ3v) is 3.91. The Kier molecular flexibility index (Phi) is 5.00. The van der Waals surface area contributed by atoms with Crippen LogP contribution in [0.3, 0.4) is 0 Å². The van der Waals surface area contributed by atoms with E-state index in [0.29, 0.717) is 4.83 Å². The molecule has 0 amide bonds. The molecule has 1 atom stereocenters. The van der Waals surface area contributed by atoms with Gasteiger partial charge in [0, 0.05) is 4.83 Å². The van der Waals surface area contributed by atoms with Gasteiger partial charge in [-0.3, -0.25) is 0 Å². The summed E-state index contributed by atoms with van der Waals surface area (Å²) in [4.78, 5) is 0.556. The lowest BCUT2D eigenvalue weighted by Gasteiger charge is -2.10. The fourth-order valence-electron chi connectivity index (χ4n) is 2.16. The highest BCUT2D eigenvalue weighted by molar-refractivity contribution is 9.09. The van der Waals surface area contributed by atoms with Gasteiger partial charge in [0.1, 0.15) is 0 Å². The minimum atomic E-state index is 0.556. The first kappa shape index (κ1) is 13.4. The summed E-state index contributed by atoms with van der Waals surface area (Å²) < 4.78 is 0. The van der Waals surface area contributed by atoms with Crippen LogP contribution in [0.25, 0.3) is 0 Å². The number of hydrogen-bond acceptors (Lipinski definition) is 0. The van der Waals surface area contributed by atoms with Crippen LogP contribution in [0, 0.1) is 6.92 Å². The number of rotatable bonds is 5. The van der Waals surface area contributed by atoms with Gasteiger partial charge >= 0.3 is 0 Å². The molecule has 1 heteroatoms. The Morgan fingerprint density at radius 1 is 0.944 bits per heavy atom. The maximum Gasteiger partial charge on any atom is 0.0189 e. The smallest absolute Gasteiger partial charge is 0.0189 e. The highest BCUT2D eigenvalue weighted by Gasteiger charge is 2.05. The summed E-state index contributed by atoms with van der Waals surface area (Å²) in [7, 11) is 0. The average molecular weight is 303 g/mol. The van der Waals surface area contributed by atoms with Gasteiger partial charge < -0.3 is 0 Å². The summed E-state index contributed by atoms with van der Waals surface area (Å²) in [5.41, 5.74) is 4.19. The summed E-state index contributed by atoms with van der Waals surface area (Å²) in [6, 6.07) is 19.5. The molecule has 94 valence electrons. The van der Waals surface area contributed by atoms with E-state index in [-0.39, 0.29) is 0 Å². The fraction of sp³-hybridized carbons (Fsp3) is 0.294. The Balaban J connectivity index is 1.83. The molecule has 0 fully saturated rings. The fourth-order valence-corrected chi connectivity index (χ4v) is 2.77. The predicted molar refractivity (Wildman–Crippen MR) is 82.4 cm³/mol. The van der Waals surface area contributed by atoms with Gasteiger partial charge in [-0.2, -0.15) is 0 Å². The second kappa shape index (κ2) is 6.75. The molecule has 2 aromatic rings. The normalized spacial score (nSPS) is 12.3. The quantitative estimate of drug-likeness (QED) is 0.687. The standard InChI is InChI=1S/C17H19Br/c1-14-6-5-9-16(12-14)10-11-17(18)13-15-7-3-2-4-8-15/h2-9,12,17H,10-11,13H2,1H3. The molecule has 0 spiro atoms. The zero-order valence-electron chi connectivity index (χ0n) is 10.8. The maximum absolute atomic E-state index is 3.79. The van der Waals surface area contributed by atoms with E-state index in [0.717, 1.165) is 12.8 Å². The third kappa shape index (κ3) is 4.30. The van der Waals surface area contributed by atoms with Crippen molar-refractivity contribution in [2.45, 2.75) is 31.0 Å². The first-order valence-electron chi connectivity index (χ1n) is 6.47. The first-order chi connectivity index (χ1) is 8.74. The molecular formula is C17H19Br. The van der Waals surface area contributed by atoms with Crippen LogP contribution >= 0.6 is 15.9 Å². The van der Waals surface area contributed by atoms with Crippen molar-refractivity contribution in [1.29, 1.82) is 0 Å². The molecule has 0 aliphatic heterocycles. The van der Waals surface area contributed by atoms with Crippen molar-refractivity contribution in [1.82, 2.24) is 0 Å². The van der Waals surface area contributed by atoms with Gasteiger partial charge in [-0.15, -0.1) is 0 Å². The first-order valence-corrected chi connectivity index (χ1v) is 7.39. The predicted octanol–water partition coefficient (Wildman–Crippen LogP) is 4.93. The topological polar surface area (TPSA) is 0 Å². The number of alkyl halides is 1. The van der Waals surface area contributed by atoms with Crippen molar-refractivity contribution in [3.63, 3.8) is 0 Å². The van der Waals surface area contributed by atoms with Crippen LogP contribution in [0.2, 0.25) is 0 Å². The average Bonchev–Trinajstić information content (AvgIpc) is 2.38. The molecule has 0 bridgehead atoms. The molecule has 0 aromatic heterocycles. The maximum atomic E-state index is 3.79. The highest BCUT2D eigenvalue weighted by atomic mass is 79.9. The van der Waals surface area contributed by atoms with E-state index in [4.69, 9.17) is 0 Å². The number of halogens is 1. The molecule has 0 N–H and O–H groups in total. The second-order valence-corrected chi connectivity index (χ2v) is 6.11. The third-order valence-electron chi connectivity index (χ3n) is 3.13. The molecule has 18 heavy (non-hydrogen) atoms. The summed E-state index contributed by atoms with van der Waals surface area (Å²) in [5.74, 6) is 0. The van der Waals surface area contributed by atoms with E-state index >= 15 is 0 Å². The van der Waals surface area contributed by atoms with Crippen LogP contribution in [0.4, 0.5) is 0 Å². The van der Waals surface area contributed by atoms with Crippen molar-refractivity contribution in [3.05, 3.63) is 71.3 Å². The lowest BCUT2D eigenvalue weighted by atomic mass is 10.0. The summed E-state index contributed by atoms with van der Waals surface area (Å²) in [6.07, 6.45) is 3.43. The van der Waals surface area contributed by atoms with E-state index in [1.165, 1.54) is 23.1 Å². The van der Waals surface area contributed by atoms with Crippen molar-refractivity contribution in [2.24, 2.45) is 0 Å². The molecule has 0 radical (unpaired) electrons. The molecule has 0 nitrogen and oxygen atoms in total. The lowest BCUT2D eigenvalue weighted by Crippen LogP contribution is -2.04. The lowest BCUT2D eigenvalue weighted by molar-refractivity contribution is 0.763. The van der Waals surface area contributed by atoms with E-state index in [2.05, 4.69) is 77.5 Å². The van der Waals surface area contributed by atoms with Crippen LogP contribution in [0.15, 0.2) is 54.6 Å². The Bertz CT molecular complexity index is 476. The van der Waals surface area contributed by atoms with Crippen LogP contribution in [0.1, 0.15) is 23.1 Å². The zero-order valence-corrected chi connectivity index (χ0v) is 12.4. The number of benzene rings is 2. The van der Waals surface area contributed by atoms with Gasteiger partial charge in [0.05, 0.1) is 0 Å². The van der Waals surface area contributed by atoms with E-state index in [1.54, 1.807) is 0 Å². The van der Waals surface area contributed by atoms with Crippen LogP contribution in [-0.2, 0) is 12.8 Å². The van der Waals surface area contributed by atoms with Gasteiger partial charge in [0.2, 0.25) is 0 Å². The van der Waals surface area contributed by atoms with E-state index < -0.39 is 0 Å². The minimum absolute atomic E-state index is 0.556. The zero-order chi connectivity index (χ0) is 12.8. The molecule has 0 saturated carbocycles. The van der Waals surface area contributed by atoms with Crippen molar-refractivity contribution >= 4 is 15.9 Å². The Morgan fingerprint density at radius 3 is 2.39 bits per heavy atom. The molecule has 1 unspecified atom stereocenters. The van der Waals surface area contributed by atoms with Crippen LogP contribution < -0.4 is 0 Å². The minimum Gasteiger partial charge on any atom is -0.0887 e. The number of aryl methyl sites for hydroxylation is 2. The van der Waals surface area contributed by atoms with E-state index in [1.807, 2.05) is 0 Å². The molecule has 2 aromatic carbocycles. The molecule has 0 aliphatic carbocycles. The van der Waals surface area contributed by atoms with Gasteiger partial charge in [-0.1, -0.05) is 76.1 Å². The molecular weight excluding hydrogens is 284 g/mol. The highest BCUT2D eigenvalue weighted by Crippen LogP contribution is 2.16. The Labute approximate surface area is 118 Å².